The molecule has 0 aliphatic rings. The average Bonchev–Trinajstić information content (AvgIpc) is 2.44. The summed E-state index contributed by atoms with van der Waals surface area (Å²) in [7, 11) is -7.46. The summed E-state index contributed by atoms with van der Waals surface area (Å²) in [5.41, 5.74) is 1.40. The molecule has 5 N–H and O–H groups in total. The Labute approximate surface area is 129 Å². The molecule has 0 unspecified atom stereocenters. The number of anilines is 1. The Morgan fingerprint density at radius 1 is 0.818 bits per heavy atom. The largest absolute Gasteiger partial charge is 0.381 e. The van der Waals surface area contributed by atoms with Gasteiger partial charge in [0.25, 0.3) is 0 Å². The standard InChI is InChI=1S/C13H15N3O4S2/c14-21(17,18)12-6-4-10(5-7-12)9-16-11-2-1-3-13(8-11)22(15,19)20/h1-8,16H,9H2,(H2,14,17,18)(H2,15,19,20). The van der Waals surface area contributed by atoms with Crippen LogP contribution in [0, 0.1) is 0 Å². The van der Waals surface area contributed by atoms with E-state index >= 15 is 0 Å². The summed E-state index contributed by atoms with van der Waals surface area (Å²) >= 11 is 0. The molecule has 2 aromatic rings. The van der Waals surface area contributed by atoms with E-state index in [1.807, 2.05) is 0 Å². The molecule has 0 amide bonds. The van der Waals surface area contributed by atoms with Crippen LogP contribution in [0.1, 0.15) is 5.56 Å². The zero-order valence-electron chi connectivity index (χ0n) is 11.4. The lowest BCUT2D eigenvalue weighted by Crippen LogP contribution is -2.12. The first-order valence-electron chi connectivity index (χ1n) is 6.15. The second kappa shape index (κ2) is 6.05. The second-order valence-electron chi connectivity index (χ2n) is 4.62. The molecule has 0 saturated carbocycles. The summed E-state index contributed by atoms with van der Waals surface area (Å²) in [6, 6.07) is 12.2. The highest BCUT2D eigenvalue weighted by molar-refractivity contribution is 7.89. The minimum Gasteiger partial charge on any atom is -0.381 e. The fraction of sp³-hybridized carbons (Fsp3) is 0.0769. The summed E-state index contributed by atoms with van der Waals surface area (Å²) in [6.45, 7) is 0.388. The SMILES string of the molecule is NS(=O)(=O)c1ccc(CNc2cccc(S(N)(=O)=O)c2)cc1. The fourth-order valence-electron chi connectivity index (χ4n) is 1.78. The molecule has 9 heteroatoms. The van der Waals surface area contributed by atoms with Gasteiger partial charge in [0.05, 0.1) is 9.79 Å². The Balaban J connectivity index is 2.11. The lowest BCUT2D eigenvalue weighted by Gasteiger charge is -2.08. The van der Waals surface area contributed by atoms with E-state index in [9.17, 15) is 16.8 Å². The van der Waals surface area contributed by atoms with Crippen molar-refractivity contribution < 1.29 is 16.8 Å². The smallest absolute Gasteiger partial charge is 0.238 e. The Morgan fingerprint density at radius 2 is 1.41 bits per heavy atom. The van der Waals surface area contributed by atoms with Crippen LogP contribution in [0.3, 0.4) is 0 Å². The third kappa shape index (κ3) is 4.28. The van der Waals surface area contributed by atoms with Crippen molar-refractivity contribution in [3.05, 3.63) is 54.1 Å². The minimum absolute atomic E-state index is 0.0158. The van der Waals surface area contributed by atoms with Crippen LogP contribution in [0.2, 0.25) is 0 Å². The van der Waals surface area contributed by atoms with E-state index < -0.39 is 20.0 Å². The number of rotatable bonds is 5. The number of nitrogens with two attached hydrogens (primary N) is 2. The van der Waals surface area contributed by atoms with Gasteiger partial charge in [0, 0.05) is 12.2 Å². The molecule has 0 aliphatic carbocycles. The van der Waals surface area contributed by atoms with Gasteiger partial charge in [0.15, 0.2) is 0 Å². The molecule has 2 rings (SSSR count). The van der Waals surface area contributed by atoms with E-state index in [1.54, 1.807) is 24.3 Å². The Morgan fingerprint density at radius 3 is 1.95 bits per heavy atom. The summed E-state index contributed by atoms with van der Waals surface area (Å²) in [5, 5.41) is 13.1. The second-order valence-corrected chi connectivity index (χ2v) is 7.74. The Bertz CT molecular complexity index is 876. The number of hydrogen-bond acceptors (Lipinski definition) is 5. The van der Waals surface area contributed by atoms with Crippen LogP contribution in [0.4, 0.5) is 5.69 Å². The van der Waals surface area contributed by atoms with Gasteiger partial charge in [0.2, 0.25) is 20.0 Å². The van der Waals surface area contributed by atoms with Gasteiger partial charge in [-0.1, -0.05) is 18.2 Å². The van der Waals surface area contributed by atoms with Crippen molar-refractivity contribution >= 4 is 25.7 Å². The number of hydrogen-bond donors (Lipinski definition) is 3. The minimum atomic E-state index is -3.75. The van der Waals surface area contributed by atoms with Gasteiger partial charge in [-0.2, -0.15) is 0 Å². The molecule has 0 heterocycles. The first-order chi connectivity index (χ1) is 10.2. The summed E-state index contributed by atoms with van der Waals surface area (Å²) in [4.78, 5) is 0.0505. The first-order valence-corrected chi connectivity index (χ1v) is 9.24. The van der Waals surface area contributed by atoms with Gasteiger partial charge in [-0.25, -0.2) is 27.1 Å². The van der Waals surface area contributed by atoms with Crippen molar-refractivity contribution in [1.82, 2.24) is 0 Å². The topological polar surface area (TPSA) is 132 Å². The van der Waals surface area contributed by atoms with Crippen LogP contribution in [0.15, 0.2) is 58.3 Å². The van der Waals surface area contributed by atoms with Crippen molar-refractivity contribution in [3.63, 3.8) is 0 Å². The molecule has 0 aliphatic heterocycles. The van der Waals surface area contributed by atoms with Crippen LogP contribution in [0.25, 0.3) is 0 Å². The third-order valence-corrected chi connectivity index (χ3v) is 4.75. The molecule has 0 aromatic heterocycles. The molecule has 22 heavy (non-hydrogen) atoms. The Kier molecular flexibility index (Phi) is 4.52. The molecule has 0 spiro atoms. The van der Waals surface area contributed by atoms with Crippen LogP contribution < -0.4 is 15.6 Å². The van der Waals surface area contributed by atoms with Crippen molar-refractivity contribution in [2.45, 2.75) is 16.3 Å². The van der Waals surface area contributed by atoms with Gasteiger partial charge in [0.1, 0.15) is 0 Å². The monoisotopic (exact) mass is 341 g/mol. The average molecular weight is 341 g/mol. The molecule has 0 saturated heterocycles. The van der Waals surface area contributed by atoms with E-state index in [0.29, 0.717) is 12.2 Å². The maximum atomic E-state index is 11.3. The maximum Gasteiger partial charge on any atom is 0.238 e. The lowest BCUT2D eigenvalue weighted by molar-refractivity contribution is 0.596. The molecule has 0 bridgehead atoms. The quantitative estimate of drug-likeness (QED) is 0.732. The van der Waals surface area contributed by atoms with E-state index in [-0.39, 0.29) is 9.79 Å². The highest BCUT2D eigenvalue weighted by atomic mass is 32.2. The van der Waals surface area contributed by atoms with E-state index in [1.165, 1.54) is 24.3 Å². The molecule has 0 radical (unpaired) electrons. The highest BCUT2D eigenvalue weighted by Gasteiger charge is 2.08. The lowest BCUT2D eigenvalue weighted by atomic mass is 10.2. The van der Waals surface area contributed by atoms with Crippen molar-refractivity contribution in [2.24, 2.45) is 10.3 Å². The van der Waals surface area contributed by atoms with E-state index in [4.69, 9.17) is 10.3 Å². The zero-order valence-corrected chi connectivity index (χ0v) is 13.1. The predicted octanol–water partition coefficient (Wildman–Crippen LogP) is 0.593. The number of benzene rings is 2. The molecule has 0 atom stereocenters. The van der Waals surface area contributed by atoms with E-state index in [0.717, 1.165) is 5.56 Å². The van der Waals surface area contributed by atoms with Gasteiger partial charge in [-0.05, 0) is 35.9 Å². The van der Waals surface area contributed by atoms with Crippen LogP contribution in [-0.2, 0) is 26.6 Å². The fourth-order valence-corrected chi connectivity index (χ4v) is 2.86. The number of nitrogens with one attached hydrogen (secondary N) is 1. The molecule has 7 nitrogen and oxygen atoms in total. The first kappa shape index (κ1) is 16.4. The molecular weight excluding hydrogens is 326 g/mol. The van der Waals surface area contributed by atoms with Gasteiger partial charge >= 0.3 is 0 Å². The molecule has 118 valence electrons. The third-order valence-electron chi connectivity index (χ3n) is 2.91. The summed E-state index contributed by atoms with van der Waals surface area (Å²) < 4.78 is 44.8. The van der Waals surface area contributed by atoms with Crippen molar-refractivity contribution in [2.75, 3.05) is 5.32 Å². The highest BCUT2D eigenvalue weighted by Crippen LogP contribution is 2.16. The van der Waals surface area contributed by atoms with Gasteiger partial charge in [-0.3, -0.25) is 0 Å². The number of primary sulfonamides is 2. The van der Waals surface area contributed by atoms with Crippen LogP contribution >= 0.6 is 0 Å². The normalized spacial score (nSPS) is 12.1. The zero-order chi connectivity index (χ0) is 16.4. The molecular formula is C13H15N3O4S2. The number of sulfonamides is 2. The Hall–Kier alpha value is -1.94. The molecule has 2 aromatic carbocycles. The van der Waals surface area contributed by atoms with Gasteiger partial charge in [-0.15, -0.1) is 0 Å². The van der Waals surface area contributed by atoms with Crippen LogP contribution in [0.5, 0.6) is 0 Å². The van der Waals surface area contributed by atoms with Gasteiger partial charge < -0.3 is 5.32 Å². The van der Waals surface area contributed by atoms with Crippen molar-refractivity contribution in [1.29, 1.82) is 0 Å². The van der Waals surface area contributed by atoms with Crippen molar-refractivity contribution in [3.8, 4) is 0 Å². The van der Waals surface area contributed by atoms with E-state index in [2.05, 4.69) is 5.32 Å². The summed E-state index contributed by atoms with van der Waals surface area (Å²) in [5.74, 6) is 0. The summed E-state index contributed by atoms with van der Waals surface area (Å²) in [6.07, 6.45) is 0. The molecule has 0 fully saturated rings. The predicted molar refractivity (Wildman–Crippen MR) is 83.0 cm³/mol. The maximum absolute atomic E-state index is 11.3. The van der Waals surface area contributed by atoms with Crippen LogP contribution in [-0.4, -0.2) is 16.8 Å².